The van der Waals surface area contributed by atoms with Crippen molar-refractivity contribution in [2.45, 2.75) is 37.5 Å². The molecule has 1 nitrogen and oxygen atoms in total. The second kappa shape index (κ2) is 4.24. The molecule has 2 atom stereocenters. The Morgan fingerprint density at radius 2 is 2.30 bits per heavy atom. The Morgan fingerprint density at radius 1 is 1.50 bits per heavy atom. The lowest BCUT2D eigenvalue weighted by Gasteiger charge is -2.08. The zero-order chi connectivity index (χ0) is 7.40. The summed E-state index contributed by atoms with van der Waals surface area (Å²) in [6.07, 6.45) is 4.19. The van der Waals surface area contributed by atoms with E-state index in [2.05, 4.69) is 31.1 Å². The molecule has 0 aromatic carbocycles. The summed E-state index contributed by atoms with van der Waals surface area (Å²) in [5, 5.41) is 4.29. The van der Waals surface area contributed by atoms with Gasteiger partial charge in [-0.15, -0.1) is 0 Å². The van der Waals surface area contributed by atoms with Crippen LogP contribution >= 0.6 is 11.8 Å². The van der Waals surface area contributed by atoms with Crippen molar-refractivity contribution in [2.24, 2.45) is 0 Å². The summed E-state index contributed by atoms with van der Waals surface area (Å²) in [6.45, 7) is 2.25. The first-order valence-electron chi connectivity index (χ1n) is 4.15. The average molecular weight is 159 g/mol. The van der Waals surface area contributed by atoms with E-state index in [0.717, 1.165) is 11.3 Å². The van der Waals surface area contributed by atoms with E-state index in [4.69, 9.17) is 0 Å². The molecule has 0 spiro atoms. The fourth-order valence-corrected chi connectivity index (χ4v) is 2.73. The first kappa shape index (κ1) is 8.41. The van der Waals surface area contributed by atoms with Gasteiger partial charge in [0.2, 0.25) is 0 Å². The molecule has 1 saturated carbocycles. The van der Waals surface area contributed by atoms with Crippen molar-refractivity contribution in [3.05, 3.63) is 0 Å². The zero-order valence-corrected chi connectivity index (χ0v) is 7.71. The summed E-state index contributed by atoms with van der Waals surface area (Å²) in [5.41, 5.74) is 0. The fourth-order valence-electron chi connectivity index (χ4n) is 1.59. The van der Waals surface area contributed by atoms with Crippen LogP contribution in [-0.4, -0.2) is 24.1 Å². The van der Waals surface area contributed by atoms with Gasteiger partial charge in [0.05, 0.1) is 0 Å². The number of hydrogen-bond acceptors (Lipinski definition) is 2. The SMILES string of the molecule is CCS[C@H]1CC[C@H](NC)C1. The van der Waals surface area contributed by atoms with Crippen molar-refractivity contribution in [3.63, 3.8) is 0 Å². The van der Waals surface area contributed by atoms with E-state index in [1.165, 1.54) is 25.0 Å². The van der Waals surface area contributed by atoms with Crippen LogP contribution in [0, 0.1) is 0 Å². The summed E-state index contributed by atoms with van der Waals surface area (Å²) in [4.78, 5) is 0. The molecule has 1 fully saturated rings. The van der Waals surface area contributed by atoms with E-state index >= 15 is 0 Å². The molecule has 1 aliphatic rings. The Labute approximate surface area is 68.0 Å². The number of rotatable bonds is 3. The summed E-state index contributed by atoms with van der Waals surface area (Å²) in [7, 11) is 2.07. The van der Waals surface area contributed by atoms with Crippen molar-refractivity contribution < 1.29 is 0 Å². The molecule has 2 heteroatoms. The van der Waals surface area contributed by atoms with Gasteiger partial charge in [-0.05, 0) is 32.1 Å². The summed E-state index contributed by atoms with van der Waals surface area (Å²) in [6, 6.07) is 0.809. The van der Waals surface area contributed by atoms with Crippen LogP contribution in [-0.2, 0) is 0 Å². The van der Waals surface area contributed by atoms with Crippen LogP contribution in [0.25, 0.3) is 0 Å². The van der Waals surface area contributed by atoms with Crippen molar-refractivity contribution >= 4 is 11.8 Å². The minimum atomic E-state index is 0.809. The summed E-state index contributed by atoms with van der Waals surface area (Å²) < 4.78 is 0. The Kier molecular flexibility index (Phi) is 3.57. The van der Waals surface area contributed by atoms with Gasteiger partial charge in [-0.3, -0.25) is 0 Å². The molecular formula is C8H17NS. The summed E-state index contributed by atoms with van der Waals surface area (Å²) >= 11 is 2.12. The zero-order valence-electron chi connectivity index (χ0n) is 6.89. The first-order valence-corrected chi connectivity index (χ1v) is 5.20. The van der Waals surface area contributed by atoms with E-state index in [1.54, 1.807) is 0 Å². The van der Waals surface area contributed by atoms with Gasteiger partial charge in [0.15, 0.2) is 0 Å². The van der Waals surface area contributed by atoms with Gasteiger partial charge in [-0.25, -0.2) is 0 Å². The molecule has 0 aliphatic heterocycles. The molecule has 0 radical (unpaired) electrons. The molecule has 60 valence electrons. The van der Waals surface area contributed by atoms with Crippen LogP contribution in [0.1, 0.15) is 26.2 Å². The second-order valence-corrected chi connectivity index (χ2v) is 4.45. The lowest BCUT2D eigenvalue weighted by atomic mass is 10.3. The Bertz CT molecular complexity index is 95.3. The van der Waals surface area contributed by atoms with Crippen LogP contribution in [0.4, 0.5) is 0 Å². The molecule has 0 unspecified atom stereocenters. The minimum absolute atomic E-state index is 0.809. The maximum atomic E-state index is 3.34. The third-order valence-corrected chi connectivity index (χ3v) is 3.43. The van der Waals surface area contributed by atoms with Gasteiger partial charge in [0, 0.05) is 11.3 Å². The van der Waals surface area contributed by atoms with Gasteiger partial charge in [-0.2, -0.15) is 11.8 Å². The maximum absolute atomic E-state index is 3.34. The van der Waals surface area contributed by atoms with Gasteiger partial charge in [0.25, 0.3) is 0 Å². The van der Waals surface area contributed by atoms with Crippen LogP contribution < -0.4 is 5.32 Å². The van der Waals surface area contributed by atoms with Gasteiger partial charge < -0.3 is 5.32 Å². The molecule has 0 amide bonds. The van der Waals surface area contributed by atoms with E-state index in [-0.39, 0.29) is 0 Å². The van der Waals surface area contributed by atoms with Crippen molar-refractivity contribution in [1.29, 1.82) is 0 Å². The van der Waals surface area contributed by atoms with E-state index in [1.807, 2.05) is 0 Å². The van der Waals surface area contributed by atoms with Crippen molar-refractivity contribution in [3.8, 4) is 0 Å². The van der Waals surface area contributed by atoms with Crippen LogP contribution in [0.5, 0.6) is 0 Å². The predicted octanol–water partition coefficient (Wildman–Crippen LogP) is 1.88. The highest BCUT2D eigenvalue weighted by molar-refractivity contribution is 7.99. The lowest BCUT2D eigenvalue weighted by molar-refractivity contribution is 0.583. The standard InChI is InChI=1S/C8H17NS/c1-3-10-8-5-4-7(6-8)9-2/h7-9H,3-6H2,1-2H3/t7-,8-/m0/s1. The van der Waals surface area contributed by atoms with Crippen molar-refractivity contribution in [1.82, 2.24) is 5.32 Å². The smallest absolute Gasteiger partial charge is 0.00750 e. The molecule has 0 aromatic heterocycles. The highest BCUT2D eigenvalue weighted by Crippen LogP contribution is 2.29. The van der Waals surface area contributed by atoms with E-state index < -0.39 is 0 Å². The normalized spacial score (nSPS) is 33.0. The Balaban J connectivity index is 2.15. The molecule has 1 aliphatic carbocycles. The van der Waals surface area contributed by atoms with Gasteiger partial charge in [0.1, 0.15) is 0 Å². The topological polar surface area (TPSA) is 12.0 Å². The molecule has 0 saturated heterocycles. The third kappa shape index (κ3) is 2.17. The quantitative estimate of drug-likeness (QED) is 0.675. The third-order valence-electron chi connectivity index (χ3n) is 2.20. The lowest BCUT2D eigenvalue weighted by Crippen LogP contribution is -2.21. The van der Waals surface area contributed by atoms with E-state index in [0.29, 0.717) is 0 Å². The highest BCUT2D eigenvalue weighted by atomic mass is 32.2. The van der Waals surface area contributed by atoms with E-state index in [9.17, 15) is 0 Å². The van der Waals surface area contributed by atoms with Gasteiger partial charge in [-0.1, -0.05) is 6.92 Å². The second-order valence-electron chi connectivity index (χ2n) is 2.88. The van der Waals surface area contributed by atoms with Crippen molar-refractivity contribution in [2.75, 3.05) is 12.8 Å². The highest BCUT2D eigenvalue weighted by Gasteiger charge is 2.22. The molecular weight excluding hydrogens is 142 g/mol. The minimum Gasteiger partial charge on any atom is -0.317 e. The summed E-state index contributed by atoms with van der Waals surface area (Å²) in [5.74, 6) is 1.28. The fraction of sp³-hybridized carbons (Fsp3) is 1.00. The molecule has 0 aromatic rings. The first-order chi connectivity index (χ1) is 4.86. The number of nitrogens with one attached hydrogen (secondary N) is 1. The Hall–Kier alpha value is 0.310. The molecule has 10 heavy (non-hydrogen) atoms. The number of thioether (sulfide) groups is 1. The largest absolute Gasteiger partial charge is 0.317 e. The predicted molar refractivity (Wildman–Crippen MR) is 48.6 cm³/mol. The molecule has 1 rings (SSSR count). The Morgan fingerprint density at radius 3 is 2.80 bits per heavy atom. The number of hydrogen-bond donors (Lipinski definition) is 1. The molecule has 0 heterocycles. The van der Waals surface area contributed by atoms with Crippen LogP contribution in [0.2, 0.25) is 0 Å². The molecule has 0 bridgehead atoms. The van der Waals surface area contributed by atoms with Crippen LogP contribution in [0.15, 0.2) is 0 Å². The van der Waals surface area contributed by atoms with Crippen LogP contribution in [0.3, 0.4) is 0 Å². The maximum Gasteiger partial charge on any atom is 0.00750 e. The monoisotopic (exact) mass is 159 g/mol. The van der Waals surface area contributed by atoms with Gasteiger partial charge >= 0.3 is 0 Å². The average Bonchev–Trinajstić information content (AvgIpc) is 2.37. The molecule has 1 N–H and O–H groups in total.